The predicted octanol–water partition coefficient (Wildman–Crippen LogP) is 0.0112. The second-order valence-electron chi connectivity index (χ2n) is 3.65. The Bertz CT molecular complexity index is 231. The summed E-state index contributed by atoms with van der Waals surface area (Å²) in [5.74, 6) is 0. The third kappa shape index (κ3) is 1.67. The number of urea groups is 1. The van der Waals surface area contributed by atoms with Gasteiger partial charge in [-0.2, -0.15) is 0 Å². The summed E-state index contributed by atoms with van der Waals surface area (Å²) in [6.45, 7) is 3.67. The van der Waals surface area contributed by atoms with E-state index in [1.165, 1.54) is 0 Å². The molecule has 2 aliphatic heterocycles. The van der Waals surface area contributed by atoms with E-state index < -0.39 is 0 Å². The van der Waals surface area contributed by atoms with Crippen molar-refractivity contribution < 1.29 is 4.79 Å². The number of likely N-dealkylation sites (tertiary alicyclic amines) is 1. The maximum atomic E-state index is 10.9. The van der Waals surface area contributed by atoms with Crippen LogP contribution >= 0.6 is 0 Å². The highest BCUT2D eigenvalue weighted by Crippen LogP contribution is 2.17. The van der Waals surface area contributed by atoms with E-state index in [0.29, 0.717) is 6.04 Å². The number of carbonyl (C=O) groups excluding carboxylic acids is 1. The van der Waals surface area contributed by atoms with E-state index in [-0.39, 0.29) is 6.03 Å². The molecule has 0 radical (unpaired) electrons. The fraction of sp³-hybridized carbons (Fsp3) is 0.667. The zero-order valence-corrected chi connectivity index (χ0v) is 7.65. The van der Waals surface area contributed by atoms with Crippen LogP contribution in [0.3, 0.4) is 0 Å². The second-order valence-corrected chi connectivity index (χ2v) is 3.65. The summed E-state index contributed by atoms with van der Waals surface area (Å²) in [4.78, 5) is 15.0. The van der Waals surface area contributed by atoms with Gasteiger partial charge >= 0.3 is 6.03 Å². The molecule has 0 spiro atoms. The van der Waals surface area contributed by atoms with E-state index in [0.717, 1.165) is 32.6 Å². The van der Waals surface area contributed by atoms with Gasteiger partial charge in [-0.05, 0) is 6.42 Å². The molecule has 1 saturated heterocycles. The van der Waals surface area contributed by atoms with Gasteiger partial charge in [0.1, 0.15) is 0 Å². The largest absolute Gasteiger partial charge is 0.351 e. The Morgan fingerprint density at radius 2 is 2.08 bits per heavy atom. The minimum atomic E-state index is -0.283. The monoisotopic (exact) mass is 181 g/mol. The zero-order chi connectivity index (χ0) is 9.26. The van der Waals surface area contributed by atoms with Crippen molar-refractivity contribution in [1.29, 1.82) is 0 Å². The van der Waals surface area contributed by atoms with Gasteiger partial charge in [0.15, 0.2) is 0 Å². The molecule has 2 heterocycles. The lowest BCUT2D eigenvalue weighted by molar-refractivity contribution is 0.208. The quantitative estimate of drug-likeness (QED) is 0.579. The van der Waals surface area contributed by atoms with Crippen molar-refractivity contribution in [2.75, 3.05) is 26.2 Å². The van der Waals surface area contributed by atoms with Crippen LogP contribution in [0.5, 0.6) is 0 Å². The number of nitrogens with two attached hydrogens (primary N) is 1. The van der Waals surface area contributed by atoms with Crippen LogP contribution in [-0.2, 0) is 0 Å². The lowest BCUT2D eigenvalue weighted by atomic mass is 10.2. The third-order valence-electron chi connectivity index (χ3n) is 2.84. The van der Waals surface area contributed by atoms with Crippen LogP contribution in [-0.4, -0.2) is 48.1 Å². The fourth-order valence-corrected chi connectivity index (χ4v) is 2.03. The summed E-state index contributed by atoms with van der Waals surface area (Å²) in [7, 11) is 0. The Kier molecular flexibility index (Phi) is 2.22. The number of hydrogen-bond donors (Lipinski definition) is 1. The van der Waals surface area contributed by atoms with Crippen molar-refractivity contribution in [1.82, 2.24) is 9.80 Å². The van der Waals surface area contributed by atoms with Gasteiger partial charge in [0.2, 0.25) is 0 Å². The standard InChI is InChI=1S/C9H15N3O/c10-9(13)12-6-3-8(7-12)11-4-1-2-5-11/h1-2,8H,3-7H2,(H2,10,13). The summed E-state index contributed by atoms with van der Waals surface area (Å²) in [6, 6.07) is 0.233. The Labute approximate surface area is 78.0 Å². The van der Waals surface area contributed by atoms with Crippen LogP contribution in [0.25, 0.3) is 0 Å². The van der Waals surface area contributed by atoms with Crippen molar-refractivity contribution in [3.05, 3.63) is 12.2 Å². The molecule has 2 rings (SSSR count). The predicted molar refractivity (Wildman–Crippen MR) is 50.3 cm³/mol. The Hall–Kier alpha value is -1.03. The molecule has 13 heavy (non-hydrogen) atoms. The summed E-state index contributed by atoms with van der Waals surface area (Å²) >= 11 is 0. The number of nitrogens with zero attached hydrogens (tertiary/aromatic N) is 2. The smallest absolute Gasteiger partial charge is 0.314 e. The number of hydrogen-bond acceptors (Lipinski definition) is 2. The Morgan fingerprint density at radius 3 is 2.62 bits per heavy atom. The van der Waals surface area contributed by atoms with Gasteiger partial charge in [0, 0.05) is 32.2 Å². The molecule has 1 fully saturated rings. The fourth-order valence-electron chi connectivity index (χ4n) is 2.03. The number of rotatable bonds is 1. The van der Waals surface area contributed by atoms with Crippen molar-refractivity contribution in [3.8, 4) is 0 Å². The molecular weight excluding hydrogens is 166 g/mol. The molecule has 72 valence electrons. The first-order chi connectivity index (χ1) is 6.27. The van der Waals surface area contributed by atoms with Crippen molar-refractivity contribution in [2.45, 2.75) is 12.5 Å². The van der Waals surface area contributed by atoms with E-state index in [9.17, 15) is 4.79 Å². The van der Waals surface area contributed by atoms with Gasteiger partial charge in [-0.15, -0.1) is 0 Å². The second kappa shape index (κ2) is 3.38. The minimum Gasteiger partial charge on any atom is -0.351 e. The highest BCUT2D eigenvalue weighted by molar-refractivity contribution is 5.72. The summed E-state index contributed by atoms with van der Waals surface area (Å²) in [5.41, 5.74) is 5.21. The van der Waals surface area contributed by atoms with Gasteiger partial charge in [-0.1, -0.05) is 12.2 Å². The van der Waals surface area contributed by atoms with Crippen LogP contribution < -0.4 is 5.73 Å². The van der Waals surface area contributed by atoms with Gasteiger partial charge < -0.3 is 10.6 Å². The molecule has 0 aromatic rings. The van der Waals surface area contributed by atoms with Crippen LogP contribution in [0.2, 0.25) is 0 Å². The maximum Gasteiger partial charge on any atom is 0.314 e. The van der Waals surface area contributed by atoms with E-state index in [4.69, 9.17) is 5.73 Å². The van der Waals surface area contributed by atoms with Crippen LogP contribution in [0, 0.1) is 0 Å². The number of carbonyl (C=O) groups is 1. The Balaban J connectivity index is 1.87. The average molecular weight is 181 g/mol. The zero-order valence-electron chi connectivity index (χ0n) is 7.65. The lowest BCUT2D eigenvalue weighted by Gasteiger charge is -2.22. The highest BCUT2D eigenvalue weighted by atomic mass is 16.2. The van der Waals surface area contributed by atoms with Crippen LogP contribution in [0.1, 0.15) is 6.42 Å². The van der Waals surface area contributed by atoms with Gasteiger partial charge in [0.25, 0.3) is 0 Å². The first-order valence-corrected chi connectivity index (χ1v) is 4.71. The van der Waals surface area contributed by atoms with E-state index in [1.54, 1.807) is 4.90 Å². The average Bonchev–Trinajstić information content (AvgIpc) is 2.75. The first kappa shape index (κ1) is 8.56. The molecule has 0 aliphatic carbocycles. The molecule has 2 amide bonds. The lowest BCUT2D eigenvalue weighted by Crippen LogP contribution is -2.39. The number of primary amides is 1. The summed E-state index contributed by atoms with van der Waals surface area (Å²) in [5, 5.41) is 0. The molecule has 4 heteroatoms. The molecule has 0 saturated carbocycles. The van der Waals surface area contributed by atoms with Crippen molar-refractivity contribution >= 4 is 6.03 Å². The van der Waals surface area contributed by atoms with E-state index in [2.05, 4.69) is 17.1 Å². The van der Waals surface area contributed by atoms with Crippen molar-refractivity contribution in [2.24, 2.45) is 5.73 Å². The molecule has 0 aromatic heterocycles. The SMILES string of the molecule is NC(=O)N1CCC(N2CC=CC2)C1. The van der Waals surface area contributed by atoms with Gasteiger partial charge in [0.05, 0.1) is 0 Å². The van der Waals surface area contributed by atoms with E-state index >= 15 is 0 Å². The summed E-state index contributed by atoms with van der Waals surface area (Å²) < 4.78 is 0. The molecule has 0 aromatic carbocycles. The van der Waals surface area contributed by atoms with Crippen LogP contribution in [0.15, 0.2) is 12.2 Å². The molecule has 4 nitrogen and oxygen atoms in total. The summed E-state index contributed by atoms with van der Waals surface area (Å²) in [6.07, 6.45) is 5.41. The first-order valence-electron chi connectivity index (χ1n) is 4.71. The Morgan fingerprint density at radius 1 is 1.38 bits per heavy atom. The molecular formula is C9H15N3O. The molecule has 2 N–H and O–H groups in total. The molecule has 2 aliphatic rings. The topological polar surface area (TPSA) is 49.6 Å². The van der Waals surface area contributed by atoms with Gasteiger partial charge in [-0.25, -0.2) is 4.79 Å². The minimum absolute atomic E-state index is 0.283. The third-order valence-corrected chi connectivity index (χ3v) is 2.84. The molecule has 1 unspecified atom stereocenters. The molecule has 0 bridgehead atoms. The van der Waals surface area contributed by atoms with E-state index in [1.807, 2.05) is 0 Å². The normalized spacial score (nSPS) is 28.6. The maximum absolute atomic E-state index is 10.9. The van der Waals surface area contributed by atoms with Crippen LogP contribution in [0.4, 0.5) is 4.79 Å². The van der Waals surface area contributed by atoms with Crippen molar-refractivity contribution in [3.63, 3.8) is 0 Å². The van der Waals surface area contributed by atoms with Gasteiger partial charge in [-0.3, -0.25) is 4.90 Å². The molecule has 1 atom stereocenters. The number of amides is 2. The highest BCUT2D eigenvalue weighted by Gasteiger charge is 2.29.